The number of aryl methyl sites for hydroxylation is 1. The van der Waals surface area contributed by atoms with Crippen molar-refractivity contribution in [2.75, 3.05) is 46.9 Å². The van der Waals surface area contributed by atoms with Gasteiger partial charge >= 0.3 is 12.0 Å². The number of carbonyl (C=O) groups excluding carboxylic acids is 5. The average molecular weight is 916 g/mol. The summed E-state index contributed by atoms with van der Waals surface area (Å²) in [6.07, 6.45) is 5.15. The largest absolute Gasteiger partial charge is 0.464 e. The number of carbonyl (C=O) groups is 5. The first-order chi connectivity index (χ1) is 32.0. The van der Waals surface area contributed by atoms with Gasteiger partial charge in [0.2, 0.25) is 11.8 Å². The van der Waals surface area contributed by atoms with Crippen LogP contribution in [0.4, 0.5) is 4.79 Å². The summed E-state index contributed by atoms with van der Waals surface area (Å²) in [7, 11) is 3.29. The van der Waals surface area contributed by atoms with Crippen LogP contribution in [0.3, 0.4) is 0 Å². The number of cyclic esters (lactones) is 1. The molecule has 7 heterocycles. The Hall–Kier alpha value is -6.13. The highest BCUT2D eigenvalue weighted by Gasteiger charge is 2.57. The third-order valence-corrected chi connectivity index (χ3v) is 14.1. The Bertz CT molecular complexity index is 2580. The number of ether oxygens (including phenoxy) is 2. The lowest BCUT2D eigenvalue weighted by Crippen LogP contribution is -2.79. The maximum Gasteiger partial charge on any atom is 0.324 e. The Morgan fingerprint density at radius 1 is 1.09 bits per heavy atom. The summed E-state index contributed by atoms with van der Waals surface area (Å²) in [5, 5.41) is 5.50. The number of rotatable bonds is 9. The number of fused-ring (bicyclic) bond motifs is 6. The normalized spacial score (nSPS) is 21.2. The number of hydrogen-bond acceptors (Lipinski definition) is 10. The molecule has 1 spiro atoms. The molecule has 2 N–H and O–H groups in total. The number of hydrazine groups is 1. The van der Waals surface area contributed by atoms with Crippen molar-refractivity contribution in [2.24, 2.45) is 11.3 Å². The van der Waals surface area contributed by atoms with Crippen LogP contribution in [0.5, 0.6) is 0 Å². The minimum Gasteiger partial charge on any atom is -0.464 e. The van der Waals surface area contributed by atoms with E-state index >= 15 is 0 Å². The van der Waals surface area contributed by atoms with Gasteiger partial charge in [-0.25, -0.2) is 10.2 Å². The molecule has 16 nitrogen and oxygen atoms in total. The molecular formula is C51H65N9O7. The summed E-state index contributed by atoms with van der Waals surface area (Å²) in [6, 6.07) is 12.9. The fourth-order valence-corrected chi connectivity index (χ4v) is 10.4. The van der Waals surface area contributed by atoms with Gasteiger partial charge in [-0.1, -0.05) is 46.4 Å². The number of benzene rings is 1. The van der Waals surface area contributed by atoms with Gasteiger partial charge in [0.25, 0.3) is 5.91 Å². The van der Waals surface area contributed by atoms with Crippen LogP contribution >= 0.6 is 0 Å². The van der Waals surface area contributed by atoms with E-state index in [-0.39, 0.29) is 37.0 Å². The smallest absolute Gasteiger partial charge is 0.324 e. The van der Waals surface area contributed by atoms with E-state index in [2.05, 4.69) is 66.9 Å². The molecule has 0 aliphatic carbocycles. The van der Waals surface area contributed by atoms with Crippen molar-refractivity contribution in [3.63, 3.8) is 0 Å². The number of urea groups is 1. The Kier molecular flexibility index (Phi) is 13.3. The van der Waals surface area contributed by atoms with Crippen LogP contribution in [0.15, 0.2) is 67.4 Å². The zero-order valence-corrected chi connectivity index (χ0v) is 40.1. The quantitative estimate of drug-likeness (QED) is 0.157. The molecule has 1 unspecified atom stereocenters. The van der Waals surface area contributed by atoms with Gasteiger partial charge in [0.05, 0.1) is 35.3 Å². The highest BCUT2D eigenvalue weighted by molar-refractivity contribution is 5.96. The fourth-order valence-electron chi connectivity index (χ4n) is 10.4. The maximum absolute atomic E-state index is 14.7. The third-order valence-electron chi connectivity index (χ3n) is 14.1. The molecule has 356 valence electrons. The molecule has 3 fully saturated rings. The lowest BCUT2D eigenvalue weighted by atomic mass is 9.77. The summed E-state index contributed by atoms with van der Waals surface area (Å²) in [6.45, 7) is 18.1. The van der Waals surface area contributed by atoms with Crippen LogP contribution in [0.2, 0.25) is 0 Å². The van der Waals surface area contributed by atoms with Crippen molar-refractivity contribution < 1.29 is 33.4 Å². The van der Waals surface area contributed by atoms with Gasteiger partial charge in [0, 0.05) is 92.6 Å². The summed E-state index contributed by atoms with van der Waals surface area (Å²) >= 11 is 0. The lowest BCUT2D eigenvalue weighted by Gasteiger charge is -2.62. The van der Waals surface area contributed by atoms with Gasteiger partial charge in [-0.05, 0) is 93.5 Å². The minimum atomic E-state index is -1.11. The zero-order chi connectivity index (χ0) is 47.9. The van der Waals surface area contributed by atoms with Crippen molar-refractivity contribution in [2.45, 2.75) is 110 Å². The summed E-state index contributed by atoms with van der Waals surface area (Å²) in [5.41, 5.74) is 9.27. The van der Waals surface area contributed by atoms with Crippen molar-refractivity contribution in [1.82, 2.24) is 45.0 Å². The number of likely N-dealkylation sites (tertiary alicyclic amines) is 2. The summed E-state index contributed by atoms with van der Waals surface area (Å²) in [4.78, 5) is 84.4. The fraction of sp³-hybridized carbons (Fsp3) is 0.510. The first-order valence-electron chi connectivity index (χ1n) is 23.6. The predicted molar refractivity (Wildman–Crippen MR) is 254 cm³/mol. The Morgan fingerprint density at radius 3 is 2.55 bits per heavy atom. The van der Waals surface area contributed by atoms with Crippen LogP contribution < -0.4 is 10.7 Å². The van der Waals surface area contributed by atoms with Crippen molar-refractivity contribution in [1.29, 1.82) is 0 Å². The third kappa shape index (κ3) is 9.05. The van der Waals surface area contributed by atoms with E-state index in [1.807, 2.05) is 45.0 Å². The first kappa shape index (κ1) is 47.4. The molecule has 4 aromatic rings. The Balaban J connectivity index is 1.16. The summed E-state index contributed by atoms with van der Waals surface area (Å²) in [5.74, 6) is -1.89. The molecule has 3 saturated heterocycles. The molecule has 3 aromatic heterocycles. The zero-order valence-electron chi connectivity index (χ0n) is 40.1. The number of likely N-dealkylation sites (N-methyl/N-ethyl adjacent to an activating group) is 1. The topological polar surface area (TPSA) is 172 Å². The van der Waals surface area contributed by atoms with Crippen LogP contribution in [-0.2, 0) is 48.0 Å². The Morgan fingerprint density at radius 2 is 1.87 bits per heavy atom. The molecule has 0 saturated carbocycles. The average Bonchev–Trinajstić information content (AvgIpc) is 3.60. The van der Waals surface area contributed by atoms with Crippen molar-refractivity contribution >= 4 is 40.6 Å². The van der Waals surface area contributed by atoms with E-state index in [1.165, 1.54) is 16.0 Å². The number of amides is 5. The van der Waals surface area contributed by atoms with Gasteiger partial charge in [-0.15, -0.1) is 0 Å². The molecule has 5 amide bonds. The number of nitrogens with one attached hydrogen (secondary N) is 2. The molecule has 16 heteroatoms. The second-order valence-corrected chi connectivity index (χ2v) is 19.8. The van der Waals surface area contributed by atoms with E-state index < -0.39 is 46.9 Å². The SMILES string of the molecule is C=CC(=O)N1CC2(CCN2C(=O)N(C)C(C(=O)N[C@H]2Cc3cccc(n3)-c3ccc4c(c3)c(c(-c3cccnc3[C@H](C)OC)n4CC)CC(C)(C)COC(=O)[C@@H]3CCCN(N3)C2=O)C(C)C)C1. The van der Waals surface area contributed by atoms with Crippen molar-refractivity contribution in [3.05, 3.63) is 84.3 Å². The second-order valence-electron chi connectivity index (χ2n) is 19.8. The molecule has 0 radical (unpaired) electrons. The highest BCUT2D eigenvalue weighted by atomic mass is 16.5. The molecule has 4 atom stereocenters. The standard InChI is InChI=1S/C51H65N9O7/c1-10-42(61)57-28-51(29-57)21-24-59(51)49(65)56(8)44(31(3)4)46(62)54-40-26-34-15-12-17-38(53-34)33-19-20-41-36(25-33)37(45(58(41)11-2)35-16-13-22-52-43(35)32(5)66-9)27-50(6,7)30-67-48(64)39-18-14-23-60(55-39)47(40)63/h10,12-13,15-17,19-20,22,25,31-32,39-40,44,55H,1,11,14,18,21,23-24,26-30H2,2-9H3,(H,54,62)/t32-,39-,40-,44?/m0/s1. The van der Waals surface area contributed by atoms with Gasteiger partial charge in [-0.3, -0.25) is 34.2 Å². The van der Waals surface area contributed by atoms with Crippen LogP contribution in [-0.4, -0.2) is 135 Å². The van der Waals surface area contributed by atoms with Crippen LogP contribution in [0.1, 0.15) is 83.9 Å². The number of pyridine rings is 2. The van der Waals surface area contributed by atoms with Crippen LogP contribution in [0, 0.1) is 11.3 Å². The second kappa shape index (κ2) is 18.9. The predicted octanol–water partition coefficient (Wildman–Crippen LogP) is 5.69. The lowest BCUT2D eigenvalue weighted by molar-refractivity contribution is -0.155. The van der Waals surface area contributed by atoms with Gasteiger partial charge < -0.3 is 34.1 Å². The van der Waals surface area contributed by atoms with Gasteiger partial charge in [0.15, 0.2) is 0 Å². The number of nitrogens with zero attached hydrogens (tertiary/aromatic N) is 7. The Labute approximate surface area is 393 Å². The highest BCUT2D eigenvalue weighted by Crippen LogP contribution is 2.43. The number of esters is 1. The number of methoxy groups -OCH3 is 1. The molecule has 1 aromatic carbocycles. The molecule has 8 rings (SSSR count). The van der Waals surface area contributed by atoms with E-state index in [0.29, 0.717) is 63.4 Å². The molecule has 4 aliphatic rings. The van der Waals surface area contributed by atoms with E-state index in [1.54, 1.807) is 30.2 Å². The first-order valence-corrected chi connectivity index (χ1v) is 23.6. The molecule has 4 aliphatic heterocycles. The van der Waals surface area contributed by atoms with E-state index in [4.69, 9.17) is 19.4 Å². The number of aromatic nitrogens is 3. The maximum atomic E-state index is 14.7. The van der Waals surface area contributed by atoms with E-state index in [9.17, 15) is 24.0 Å². The molecular weight excluding hydrogens is 851 g/mol. The molecule has 67 heavy (non-hydrogen) atoms. The van der Waals surface area contributed by atoms with Gasteiger partial charge in [-0.2, -0.15) is 0 Å². The van der Waals surface area contributed by atoms with Crippen LogP contribution in [0.25, 0.3) is 33.4 Å². The van der Waals surface area contributed by atoms with E-state index in [0.717, 1.165) is 45.4 Å². The monoisotopic (exact) mass is 916 g/mol. The van der Waals surface area contributed by atoms with Gasteiger partial charge in [0.1, 0.15) is 18.1 Å². The number of hydrogen-bond donors (Lipinski definition) is 2. The molecule has 6 bridgehead atoms. The minimum absolute atomic E-state index is 0.0378. The summed E-state index contributed by atoms with van der Waals surface area (Å²) < 4.78 is 14.3. The van der Waals surface area contributed by atoms with Crippen molar-refractivity contribution in [3.8, 4) is 22.5 Å².